The molecule has 0 spiro atoms. The molecule has 1 nitrogen and oxygen atoms in total. The zero-order valence-electron chi connectivity index (χ0n) is 7.83. The summed E-state index contributed by atoms with van der Waals surface area (Å²) in [6.45, 7) is 1.83. The summed E-state index contributed by atoms with van der Waals surface area (Å²) in [6, 6.07) is 8.31. The summed E-state index contributed by atoms with van der Waals surface area (Å²) in [5, 5.41) is 9.08. The van der Waals surface area contributed by atoms with Gasteiger partial charge in [0.2, 0.25) is 0 Å². The van der Waals surface area contributed by atoms with Crippen molar-refractivity contribution in [1.82, 2.24) is 0 Å². The molecular formula is C11H15BrO. The van der Waals surface area contributed by atoms with Crippen LogP contribution >= 0.6 is 15.9 Å². The minimum Gasteiger partial charge on any atom is -0.393 e. The second-order valence-corrected chi connectivity index (χ2v) is 4.29. The minimum atomic E-state index is -0.174. The molecule has 0 aliphatic heterocycles. The molecule has 1 N–H and O–H groups in total. The molecule has 72 valence electrons. The first-order chi connectivity index (χ1) is 6.18. The predicted molar refractivity (Wildman–Crippen MR) is 58.8 cm³/mol. The summed E-state index contributed by atoms with van der Waals surface area (Å²) in [5.41, 5.74) is 1.33. The maximum Gasteiger partial charge on any atom is 0.0512 e. The highest BCUT2D eigenvalue weighted by atomic mass is 79.9. The van der Waals surface area contributed by atoms with Gasteiger partial charge in [-0.05, 0) is 43.9 Å². The lowest BCUT2D eigenvalue weighted by molar-refractivity contribution is 0.182. The summed E-state index contributed by atoms with van der Waals surface area (Å²) in [5.74, 6) is 0. The van der Waals surface area contributed by atoms with Crippen LogP contribution in [0.25, 0.3) is 0 Å². The summed E-state index contributed by atoms with van der Waals surface area (Å²) >= 11 is 3.43. The lowest BCUT2D eigenvalue weighted by Crippen LogP contribution is -1.99. The number of halogens is 1. The van der Waals surface area contributed by atoms with Crippen LogP contribution in [-0.2, 0) is 6.42 Å². The van der Waals surface area contributed by atoms with Crippen molar-refractivity contribution in [2.75, 3.05) is 0 Å². The Morgan fingerprint density at radius 3 is 2.85 bits per heavy atom. The van der Waals surface area contributed by atoms with Crippen molar-refractivity contribution in [3.8, 4) is 0 Å². The Morgan fingerprint density at radius 1 is 1.46 bits per heavy atom. The molecule has 1 aromatic rings. The van der Waals surface area contributed by atoms with Crippen molar-refractivity contribution < 1.29 is 5.11 Å². The van der Waals surface area contributed by atoms with E-state index in [1.807, 2.05) is 19.1 Å². The largest absolute Gasteiger partial charge is 0.393 e. The fourth-order valence-corrected chi connectivity index (χ4v) is 1.74. The molecule has 0 bridgehead atoms. The van der Waals surface area contributed by atoms with Gasteiger partial charge in [-0.25, -0.2) is 0 Å². The maximum absolute atomic E-state index is 9.08. The van der Waals surface area contributed by atoms with Gasteiger partial charge in [0.15, 0.2) is 0 Å². The van der Waals surface area contributed by atoms with Gasteiger partial charge in [-0.1, -0.05) is 28.1 Å². The van der Waals surface area contributed by atoms with Crippen LogP contribution in [0.5, 0.6) is 0 Å². The molecule has 13 heavy (non-hydrogen) atoms. The summed E-state index contributed by atoms with van der Waals surface area (Å²) < 4.78 is 1.13. The van der Waals surface area contributed by atoms with Gasteiger partial charge in [0, 0.05) is 4.47 Å². The molecule has 0 fully saturated rings. The highest BCUT2D eigenvalue weighted by molar-refractivity contribution is 9.10. The number of rotatable bonds is 4. The molecule has 2 heteroatoms. The Labute approximate surface area is 87.9 Å². The van der Waals surface area contributed by atoms with Crippen molar-refractivity contribution in [2.24, 2.45) is 0 Å². The standard InChI is InChI=1S/C11H15BrO/c1-9(13)4-2-5-10-6-3-7-11(12)8-10/h3,6-9,13H,2,4-5H2,1H3. The van der Waals surface area contributed by atoms with Gasteiger partial charge in [-0.3, -0.25) is 0 Å². The normalized spacial score (nSPS) is 12.8. The quantitative estimate of drug-likeness (QED) is 0.861. The fraction of sp³-hybridized carbons (Fsp3) is 0.455. The summed E-state index contributed by atoms with van der Waals surface area (Å²) in [6.07, 6.45) is 2.80. The van der Waals surface area contributed by atoms with E-state index in [0.29, 0.717) is 0 Å². The first-order valence-corrected chi connectivity index (χ1v) is 5.40. The molecule has 1 aromatic carbocycles. The van der Waals surface area contributed by atoms with Gasteiger partial charge >= 0.3 is 0 Å². The van der Waals surface area contributed by atoms with Crippen LogP contribution < -0.4 is 0 Å². The van der Waals surface area contributed by atoms with E-state index < -0.39 is 0 Å². The topological polar surface area (TPSA) is 20.2 Å². The lowest BCUT2D eigenvalue weighted by atomic mass is 10.1. The molecule has 0 saturated carbocycles. The van der Waals surface area contributed by atoms with Crippen molar-refractivity contribution >= 4 is 15.9 Å². The smallest absolute Gasteiger partial charge is 0.0512 e. The summed E-state index contributed by atoms with van der Waals surface area (Å²) in [4.78, 5) is 0. The molecule has 0 aromatic heterocycles. The van der Waals surface area contributed by atoms with E-state index in [2.05, 4.69) is 28.1 Å². The van der Waals surface area contributed by atoms with Gasteiger partial charge < -0.3 is 5.11 Å². The van der Waals surface area contributed by atoms with Crippen molar-refractivity contribution in [3.63, 3.8) is 0 Å². The van der Waals surface area contributed by atoms with Crippen LogP contribution in [0.4, 0.5) is 0 Å². The number of hydrogen-bond donors (Lipinski definition) is 1. The van der Waals surface area contributed by atoms with Crippen molar-refractivity contribution in [2.45, 2.75) is 32.3 Å². The number of aliphatic hydroxyl groups excluding tert-OH is 1. The second-order valence-electron chi connectivity index (χ2n) is 3.37. The zero-order valence-corrected chi connectivity index (χ0v) is 9.42. The minimum absolute atomic E-state index is 0.174. The van der Waals surface area contributed by atoms with E-state index in [0.717, 1.165) is 23.7 Å². The first-order valence-electron chi connectivity index (χ1n) is 4.61. The maximum atomic E-state index is 9.08. The average molecular weight is 243 g/mol. The van der Waals surface area contributed by atoms with Crippen LogP contribution in [0.1, 0.15) is 25.3 Å². The molecule has 1 atom stereocenters. The van der Waals surface area contributed by atoms with Gasteiger partial charge in [-0.15, -0.1) is 0 Å². The third kappa shape index (κ3) is 4.44. The SMILES string of the molecule is CC(O)CCCc1cccc(Br)c1. The lowest BCUT2D eigenvalue weighted by Gasteiger charge is -2.04. The first kappa shape index (κ1) is 10.7. The molecule has 0 amide bonds. The number of benzene rings is 1. The Hall–Kier alpha value is -0.340. The van der Waals surface area contributed by atoms with Gasteiger partial charge in [-0.2, -0.15) is 0 Å². The van der Waals surface area contributed by atoms with Gasteiger partial charge in [0.25, 0.3) is 0 Å². The molecule has 1 rings (SSSR count). The molecular weight excluding hydrogens is 228 g/mol. The highest BCUT2D eigenvalue weighted by Crippen LogP contribution is 2.13. The highest BCUT2D eigenvalue weighted by Gasteiger charge is 1.97. The second kappa shape index (κ2) is 5.40. The van der Waals surface area contributed by atoms with Gasteiger partial charge in [0.1, 0.15) is 0 Å². The Balaban J connectivity index is 2.37. The Kier molecular flexibility index (Phi) is 4.46. The van der Waals surface area contributed by atoms with Gasteiger partial charge in [0.05, 0.1) is 6.10 Å². The van der Waals surface area contributed by atoms with Crippen molar-refractivity contribution in [1.29, 1.82) is 0 Å². The number of aryl methyl sites for hydroxylation is 1. The average Bonchev–Trinajstić information content (AvgIpc) is 2.03. The van der Waals surface area contributed by atoms with Crippen LogP contribution in [-0.4, -0.2) is 11.2 Å². The monoisotopic (exact) mass is 242 g/mol. The Bertz CT molecular complexity index is 258. The molecule has 0 radical (unpaired) electrons. The van der Waals surface area contributed by atoms with Crippen LogP contribution in [0.15, 0.2) is 28.7 Å². The molecule has 0 aliphatic rings. The number of aliphatic hydroxyl groups is 1. The van der Waals surface area contributed by atoms with E-state index in [1.165, 1.54) is 5.56 Å². The number of hydrogen-bond acceptors (Lipinski definition) is 1. The zero-order chi connectivity index (χ0) is 9.68. The third-order valence-corrected chi connectivity index (χ3v) is 2.47. The van der Waals surface area contributed by atoms with Crippen molar-refractivity contribution in [3.05, 3.63) is 34.3 Å². The predicted octanol–water partition coefficient (Wildman–Crippen LogP) is 3.15. The van der Waals surface area contributed by atoms with Crippen LogP contribution in [0.2, 0.25) is 0 Å². The molecule has 0 saturated heterocycles. The van der Waals surface area contributed by atoms with E-state index in [-0.39, 0.29) is 6.10 Å². The molecule has 0 aliphatic carbocycles. The van der Waals surface area contributed by atoms with E-state index in [1.54, 1.807) is 0 Å². The van der Waals surface area contributed by atoms with E-state index in [9.17, 15) is 0 Å². The van der Waals surface area contributed by atoms with E-state index in [4.69, 9.17) is 5.11 Å². The fourth-order valence-electron chi connectivity index (χ4n) is 1.29. The summed E-state index contributed by atoms with van der Waals surface area (Å²) in [7, 11) is 0. The molecule has 1 unspecified atom stereocenters. The third-order valence-electron chi connectivity index (χ3n) is 1.98. The molecule has 0 heterocycles. The van der Waals surface area contributed by atoms with Crippen LogP contribution in [0.3, 0.4) is 0 Å². The van der Waals surface area contributed by atoms with Crippen LogP contribution in [0, 0.1) is 0 Å². The Morgan fingerprint density at radius 2 is 2.23 bits per heavy atom. The van der Waals surface area contributed by atoms with E-state index >= 15 is 0 Å².